The lowest BCUT2D eigenvalue weighted by atomic mass is 10.3. The summed E-state index contributed by atoms with van der Waals surface area (Å²) in [7, 11) is 1.53. The van der Waals surface area contributed by atoms with Crippen LogP contribution < -0.4 is 5.32 Å². The average Bonchev–Trinajstić information content (AvgIpc) is 3.01. The van der Waals surface area contributed by atoms with Gasteiger partial charge < -0.3 is 14.6 Å². The van der Waals surface area contributed by atoms with Gasteiger partial charge in [0.15, 0.2) is 0 Å². The van der Waals surface area contributed by atoms with Gasteiger partial charge in [-0.25, -0.2) is 0 Å². The Kier molecular flexibility index (Phi) is 5.84. The lowest BCUT2D eigenvalue weighted by Crippen LogP contribution is -2.33. The van der Waals surface area contributed by atoms with Crippen molar-refractivity contribution in [1.82, 2.24) is 4.90 Å². The number of halogens is 2. The summed E-state index contributed by atoms with van der Waals surface area (Å²) in [5, 5.41) is 3.39. The molecule has 0 atom stereocenters. The number of furan rings is 1. The highest BCUT2D eigenvalue weighted by atomic mass is 35.5. The van der Waals surface area contributed by atoms with Crippen LogP contribution in [0.3, 0.4) is 0 Å². The number of likely N-dealkylation sites (N-methyl/N-ethyl adjacent to an activating group) is 1. The fraction of sp³-hybridized carbons (Fsp3) is 0.125. The first-order chi connectivity index (χ1) is 11.0. The molecule has 0 saturated heterocycles. The maximum atomic E-state index is 11.9. The molecule has 5 nitrogen and oxygen atoms in total. The highest BCUT2D eigenvalue weighted by Crippen LogP contribution is 2.24. The van der Waals surface area contributed by atoms with Crippen molar-refractivity contribution in [1.29, 1.82) is 0 Å². The Morgan fingerprint density at radius 3 is 2.70 bits per heavy atom. The van der Waals surface area contributed by atoms with Gasteiger partial charge in [-0.3, -0.25) is 9.59 Å². The standard InChI is InChI=1S/C16H14Cl2N2O3/c1-20(16(22)7-5-12-3-2-8-23-12)10-15(21)19-11-4-6-13(17)14(18)9-11/h2-9H,10H2,1H3,(H,19,21)/b7-5+. The zero-order valence-electron chi connectivity index (χ0n) is 12.3. The molecular formula is C16H14Cl2N2O3. The molecule has 120 valence electrons. The van der Waals surface area contributed by atoms with Crippen LogP contribution in [0.15, 0.2) is 47.1 Å². The molecule has 2 rings (SSSR count). The van der Waals surface area contributed by atoms with Gasteiger partial charge in [0.25, 0.3) is 0 Å². The van der Waals surface area contributed by atoms with E-state index in [2.05, 4.69) is 5.32 Å². The number of nitrogens with one attached hydrogen (secondary N) is 1. The highest BCUT2D eigenvalue weighted by Gasteiger charge is 2.11. The van der Waals surface area contributed by atoms with Crippen molar-refractivity contribution in [3.8, 4) is 0 Å². The van der Waals surface area contributed by atoms with Crippen molar-refractivity contribution in [3.05, 3.63) is 58.5 Å². The second kappa shape index (κ2) is 7.85. The highest BCUT2D eigenvalue weighted by molar-refractivity contribution is 6.42. The molecule has 1 aromatic carbocycles. The lowest BCUT2D eigenvalue weighted by molar-refractivity contribution is -0.129. The van der Waals surface area contributed by atoms with E-state index in [4.69, 9.17) is 27.6 Å². The van der Waals surface area contributed by atoms with Gasteiger partial charge in [0.1, 0.15) is 5.76 Å². The fourth-order valence-corrected chi connectivity index (χ4v) is 2.03. The second-order valence-corrected chi connectivity index (χ2v) is 5.53. The van der Waals surface area contributed by atoms with Crippen LogP contribution in [0, 0.1) is 0 Å². The SMILES string of the molecule is CN(CC(=O)Nc1ccc(Cl)c(Cl)c1)C(=O)/C=C/c1ccco1. The minimum Gasteiger partial charge on any atom is -0.465 e. The Bertz CT molecular complexity index is 727. The number of carbonyl (C=O) groups excluding carboxylic acids is 2. The summed E-state index contributed by atoms with van der Waals surface area (Å²) in [6, 6.07) is 8.20. The molecule has 0 saturated carbocycles. The van der Waals surface area contributed by atoms with Gasteiger partial charge in [-0.05, 0) is 36.4 Å². The lowest BCUT2D eigenvalue weighted by Gasteiger charge is -2.15. The molecule has 7 heteroatoms. The number of nitrogens with zero attached hydrogens (tertiary/aromatic N) is 1. The number of amides is 2. The molecule has 0 radical (unpaired) electrons. The quantitative estimate of drug-likeness (QED) is 0.834. The van der Waals surface area contributed by atoms with Gasteiger partial charge in [0.05, 0.1) is 22.9 Å². The minimum absolute atomic E-state index is 0.0957. The number of rotatable bonds is 5. The van der Waals surface area contributed by atoms with Gasteiger partial charge in [-0.15, -0.1) is 0 Å². The van der Waals surface area contributed by atoms with Crippen molar-refractivity contribution in [3.63, 3.8) is 0 Å². The van der Waals surface area contributed by atoms with Crippen LogP contribution in [0.1, 0.15) is 5.76 Å². The topological polar surface area (TPSA) is 62.6 Å². The molecule has 0 aliphatic rings. The van der Waals surface area contributed by atoms with E-state index in [0.29, 0.717) is 21.5 Å². The van der Waals surface area contributed by atoms with E-state index in [0.717, 1.165) is 0 Å². The van der Waals surface area contributed by atoms with Gasteiger partial charge >= 0.3 is 0 Å². The Labute approximate surface area is 143 Å². The van der Waals surface area contributed by atoms with Crippen molar-refractivity contribution >= 4 is 46.8 Å². The largest absolute Gasteiger partial charge is 0.465 e. The van der Waals surface area contributed by atoms with Crippen LogP contribution in [0.4, 0.5) is 5.69 Å². The molecule has 1 aromatic heterocycles. The first-order valence-corrected chi connectivity index (χ1v) is 7.43. The van der Waals surface area contributed by atoms with Crippen LogP contribution >= 0.6 is 23.2 Å². The molecule has 0 aliphatic carbocycles. The molecule has 1 heterocycles. The van der Waals surface area contributed by atoms with Crippen molar-refractivity contribution in [2.45, 2.75) is 0 Å². The zero-order valence-corrected chi connectivity index (χ0v) is 13.8. The summed E-state index contributed by atoms with van der Waals surface area (Å²) in [6.45, 7) is -0.0957. The number of benzene rings is 1. The Morgan fingerprint density at radius 1 is 1.26 bits per heavy atom. The molecule has 2 aromatic rings. The Hall–Kier alpha value is -2.24. The van der Waals surface area contributed by atoms with Crippen LogP contribution in [0.25, 0.3) is 6.08 Å². The maximum Gasteiger partial charge on any atom is 0.246 e. The van der Waals surface area contributed by atoms with E-state index in [9.17, 15) is 9.59 Å². The summed E-state index contributed by atoms with van der Waals surface area (Å²) < 4.78 is 5.08. The predicted molar refractivity (Wildman–Crippen MR) is 90.5 cm³/mol. The summed E-state index contributed by atoms with van der Waals surface area (Å²) in [5.74, 6) is -0.0941. The summed E-state index contributed by atoms with van der Waals surface area (Å²) in [6.07, 6.45) is 4.39. The van der Waals surface area contributed by atoms with E-state index in [-0.39, 0.29) is 18.4 Å². The molecule has 0 fully saturated rings. The second-order valence-electron chi connectivity index (χ2n) is 4.72. The Morgan fingerprint density at radius 2 is 2.04 bits per heavy atom. The van der Waals surface area contributed by atoms with Crippen molar-refractivity contribution in [2.75, 3.05) is 18.9 Å². The van der Waals surface area contributed by atoms with E-state index in [1.807, 2.05) is 0 Å². The van der Waals surface area contributed by atoms with Gasteiger partial charge in [0, 0.05) is 18.8 Å². The maximum absolute atomic E-state index is 11.9. The van der Waals surface area contributed by atoms with Crippen LogP contribution in [0.5, 0.6) is 0 Å². The predicted octanol–water partition coefficient (Wildman–Crippen LogP) is 3.70. The molecule has 0 spiro atoms. The monoisotopic (exact) mass is 352 g/mol. The molecule has 0 aliphatic heterocycles. The normalized spacial score (nSPS) is 10.7. The number of hydrogen-bond donors (Lipinski definition) is 1. The third kappa shape index (κ3) is 5.16. The summed E-state index contributed by atoms with van der Waals surface area (Å²) in [4.78, 5) is 25.1. The van der Waals surface area contributed by atoms with Crippen LogP contribution in [0.2, 0.25) is 10.0 Å². The third-order valence-electron chi connectivity index (χ3n) is 2.89. The fourth-order valence-electron chi connectivity index (χ4n) is 1.73. The minimum atomic E-state index is -0.342. The number of anilines is 1. The van der Waals surface area contributed by atoms with Crippen LogP contribution in [-0.4, -0.2) is 30.3 Å². The summed E-state index contributed by atoms with van der Waals surface area (Å²) in [5.41, 5.74) is 0.511. The van der Waals surface area contributed by atoms with Gasteiger partial charge in [0.2, 0.25) is 11.8 Å². The van der Waals surface area contributed by atoms with E-state index < -0.39 is 0 Å². The average molecular weight is 353 g/mol. The van der Waals surface area contributed by atoms with Crippen molar-refractivity contribution in [2.24, 2.45) is 0 Å². The smallest absolute Gasteiger partial charge is 0.246 e. The number of carbonyl (C=O) groups is 2. The van der Waals surface area contributed by atoms with E-state index >= 15 is 0 Å². The first kappa shape index (κ1) is 17.1. The third-order valence-corrected chi connectivity index (χ3v) is 3.63. The molecule has 1 N–H and O–H groups in total. The zero-order chi connectivity index (χ0) is 16.8. The molecule has 23 heavy (non-hydrogen) atoms. The van der Waals surface area contributed by atoms with E-state index in [1.165, 1.54) is 30.4 Å². The molecular weight excluding hydrogens is 339 g/mol. The van der Waals surface area contributed by atoms with E-state index in [1.54, 1.807) is 30.3 Å². The van der Waals surface area contributed by atoms with Gasteiger partial charge in [-0.1, -0.05) is 23.2 Å². The number of hydrogen-bond acceptors (Lipinski definition) is 3. The van der Waals surface area contributed by atoms with Crippen molar-refractivity contribution < 1.29 is 14.0 Å². The van der Waals surface area contributed by atoms with Gasteiger partial charge in [-0.2, -0.15) is 0 Å². The molecule has 0 unspecified atom stereocenters. The van der Waals surface area contributed by atoms with Crippen LogP contribution in [-0.2, 0) is 9.59 Å². The summed E-state index contributed by atoms with van der Waals surface area (Å²) >= 11 is 11.7. The molecule has 2 amide bonds. The molecule has 0 bridgehead atoms. The Balaban J connectivity index is 1.88. The first-order valence-electron chi connectivity index (χ1n) is 6.67.